The second-order valence-corrected chi connectivity index (χ2v) is 4.48. The molecule has 0 aliphatic carbocycles. The average Bonchev–Trinajstić information content (AvgIpc) is 2.86. The van der Waals surface area contributed by atoms with Crippen LogP contribution in [0.3, 0.4) is 0 Å². The highest BCUT2D eigenvalue weighted by molar-refractivity contribution is 5.73. The van der Waals surface area contributed by atoms with Crippen molar-refractivity contribution in [3.8, 4) is 5.69 Å². The number of nitrogens with zero attached hydrogens (tertiary/aromatic N) is 4. The molecule has 21 heavy (non-hydrogen) atoms. The van der Waals surface area contributed by atoms with Crippen molar-refractivity contribution in [2.45, 2.75) is 19.4 Å². The molecule has 1 unspecified atom stereocenters. The Morgan fingerprint density at radius 2 is 2.29 bits per heavy atom. The molecule has 1 aromatic heterocycles. The van der Waals surface area contributed by atoms with Crippen LogP contribution in [0, 0.1) is 17.0 Å². The van der Waals surface area contributed by atoms with Crippen molar-refractivity contribution in [1.82, 2.24) is 15.0 Å². The third-order valence-electron chi connectivity index (χ3n) is 3.01. The zero-order valence-corrected chi connectivity index (χ0v) is 11.1. The topological polar surface area (TPSA) is 137 Å². The van der Waals surface area contributed by atoms with Gasteiger partial charge < -0.3 is 10.8 Å². The number of nitrogens with two attached hydrogens (primary N) is 1. The van der Waals surface area contributed by atoms with Crippen LogP contribution in [-0.2, 0) is 11.2 Å². The average molecular weight is 291 g/mol. The van der Waals surface area contributed by atoms with Crippen LogP contribution in [0.5, 0.6) is 0 Å². The lowest BCUT2D eigenvalue weighted by atomic mass is 10.1. The van der Waals surface area contributed by atoms with Crippen LogP contribution in [-0.4, -0.2) is 37.0 Å². The maximum absolute atomic E-state index is 10.9. The molecule has 9 nitrogen and oxygen atoms in total. The van der Waals surface area contributed by atoms with Crippen LogP contribution in [0.15, 0.2) is 24.4 Å². The minimum absolute atomic E-state index is 0.0215. The van der Waals surface area contributed by atoms with E-state index in [0.717, 1.165) is 0 Å². The second-order valence-electron chi connectivity index (χ2n) is 4.48. The molecule has 1 atom stereocenters. The van der Waals surface area contributed by atoms with Crippen molar-refractivity contribution in [3.63, 3.8) is 0 Å². The molecule has 0 aliphatic rings. The summed E-state index contributed by atoms with van der Waals surface area (Å²) >= 11 is 0. The van der Waals surface area contributed by atoms with Gasteiger partial charge in [0, 0.05) is 12.5 Å². The van der Waals surface area contributed by atoms with Gasteiger partial charge in [-0.1, -0.05) is 11.3 Å². The van der Waals surface area contributed by atoms with Crippen molar-refractivity contribution in [2.75, 3.05) is 0 Å². The molecule has 2 rings (SSSR count). The highest BCUT2D eigenvalue weighted by Crippen LogP contribution is 2.23. The molecular formula is C12H13N5O4. The SMILES string of the molecule is Cc1c(-n2cc(CC(N)C(=O)O)nn2)cccc1[N+](=O)[O-]. The molecule has 1 heterocycles. The van der Waals surface area contributed by atoms with Crippen LogP contribution >= 0.6 is 0 Å². The number of benzene rings is 1. The lowest BCUT2D eigenvalue weighted by molar-refractivity contribution is -0.385. The highest BCUT2D eigenvalue weighted by atomic mass is 16.6. The zero-order chi connectivity index (χ0) is 15.6. The van der Waals surface area contributed by atoms with E-state index >= 15 is 0 Å². The standard InChI is InChI=1S/C12H13N5O4/c1-7-10(3-2-4-11(7)17(20)21)16-6-8(14-15-16)5-9(13)12(18)19/h2-4,6,9H,5,13H2,1H3,(H,18,19). The Morgan fingerprint density at radius 3 is 2.90 bits per heavy atom. The van der Waals surface area contributed by atoms with Gasteiger partial charge in [0.05, 0.1) is 28.1 Å². The number of hydrogen-bond acceptors (Lipinski definition) is 6. The first-order valence-electron chi connectivity index (χ1n) is 6.04. The van der Waals surface area contributed by atoms with E-state index in [2.05, 4.69) is 10.3 Å². The van der Waals surface area contributed by atoms with Crippen molar-refractivity contribution >= 4 is 11.7 Å². The third-order valence-corrected chi connectivity index (χ3v) is 3.01. The highest BCUT2D eigenvalue weighted by Gasteiger charge is 2.17. The first-order chi connectivity index (χ1) is 9.90. The maximum Gasteiger partial charge on any atom is 0.320 e. The molecule has 0 fully saturated rings. The number of aliphatic carboxylic acids is 1. The fourth-order valence-corrected chi connectivity index (χ4v) is 1.88. The number of carboxylic acids is 1. The first kappa shape index (κ1) is 14.6. The van der Waals surface area contributed by atoms with Gasteiger partial charge in [-0.3, -0.25) is 14.9 Å². The van der Waals surface area contributed by atoms with Gasteiger partial charge in [-0.15, -0.1) is 5.10 Å². The van der Waals surface area contributed by atoms with Gasteiger partial charge in [0.2, 0.25) is 0 Å². The molecule has 0 aliphatic heterocycles. The van der Waals surface area contributed by atoms with Gasteiger partial charge in [-0.2, -0.15) is 0 Å². The van der Waals surface area contributed by atoms with Crippen molar-refractivity contribution in [3.05, 3.63) is 45.8 Å². The number of aromatic nitrogens is 3. The molecule has 3 N–H and O–H groups in total. The van der Waals surface area contributed by atoms with Crippen molar-refractivity contribution < 1.29 is 14.8 Å². The summed E-state index contributed by atoms with van der Waals surface area (Å²) in [4.78, 5) is 21.1. The smallest absolute Gasteiger partial charge is 0.320 e. The minimum atomic E-state index is -1.13. The summed E-state index contributed by atoms with van der Waals surface area (Å²) in [7, 11) is 0. The Bertz CT molecular complexity index is 697. The van der Waals surface area contributed by atoms with Crippen LogP contribution in [0.2, 0.25) is 0 Å². The number of hydrogen-bond donors (Lipinski definition) is 2. The summed E-state index contributed by atoms with van der Waals surface area (Å²) in [5.41, 5.74) is 6.75. The maximum atomic E-state index is 10.9. The number of carboxylic acid groups (broad SMARTS) is 1. The predicted molar refractivity (Wildman–Crippen MR) is 72.1 cm³/mol. The van der Waals surface area contributed by atoms with E-state index in [1.807, 2.05) is 0 Å². The Labute approximate surface area is 119 Å². The predicted octanol–water partition coefficient (Wildman–Crippen LogP) is 0.438. The Balaban J connectivity index is 2.32. The van der Waals surface area contributed by atoms with Gasteiger partial charge in [-0.05, 0) is 13.0 Å². The molecular weight excluding hydrogens is 278 g/mol. The molecule has 0 radical (unpaired) electrons. The summed E-state index contributed by atoms with van der Waals surface area (Å²) in [6.45, 7) is 1.61. The molecule has 0 bridgehead atoms. The molecule has 0 spiro atoms. The van der Waals surface area contributed by atoms with E-state index in [1.54, 1.807) is 19.1 Å². The number of carbonyl (C=O) groups is 1. The quantitative estimate of drug-likeness (QED) is 0.602. The second kappa shape index (κ2) is 5.67. The summed E-state index contributed by atoms with van der Waals surface area (Å²) in [6.07, 6.45) is 1.54. The molecule has 2 aromatic rings. The normalized spacial score (nSPS) is 12.1. The molecule has 0 amide bonds. The summed E-state index contributed by atoms with van der Waals surface area (Å²) in [6, 6.07) is 3.54. The fourth-order valence-electron chi connectivity index (χ4n) is 1.88. The largest absolute Gasteiger partial charge is 0.480 e. The summed E-state index contributed by atoms with van der Waals surface area (Å²) in [5, 5.41) is 27.3. The number of nitro benzene ring substituents is 1. The van der Waals surface area contributed by atoms with Crippen LogP contribution in [0.4, 0.5) is 5.69 Å². The molecule has 9 heteroatoms. The minimum Gasteiger partial charge on any atom is -0.480 e. The van der Waals surface area contributed by atoms with E-state index in [9.17, 15) is 14.9 Å². The zero-order valence-electron chi connectivity index (χ0n) is 11.1. The molecule has 1 aromatic carbocycles. The van der Waals surface area contributed by atoms with Gasteiger partial charge in [-0.25, -0.2) is 4.68 Å². The van der Waals surface area contributed by atoms with Crippen LogP contribution in [0.1, 0.15) is 11.3 Å². The summed E-state index contributed by atoms with van der Waals surface area (Å²) < 4.78 is 1.37. The van der Waals surface area contributed by atoms with E-state index in [4.69, 9.17) is 10.8 Å². The van der Waals surface area contributed by atoms with Crippen molar-refractivity contribution in [2.24, 2.45) is 5.73 Å². The third kappa shape index (κ3) is 3.03. The van der Waals surface area contributed by atoms with E-state index in [-0.39, 0.29) is 12.1 Å². The molecule has 0 saturated heterocycles. The molecule has 0 saturated carbocycles. The lowest BCUT2D eigenvalue weighted by Gasteiger charge is -2.05. The van der Waals surface area contributed by atoms with E-state index < -0.39 is 16.9 Å². The van der Waals surface area contributed by atoms with Crippen LogP contribution < -0.4 is 5.73 Å². The summed E-state index contributed by atoms with van der Waals surface area (Å²) in [5.74, 6) is -1.13. The first-order valence-corrected chi connectivity index (χ1v) is 6.04. The van der Waals surface area contributed by atoms with Crippen LogP contribution in [0.25, 0.3) is 5.69 Å². The van der Waals surface area contributed by atoms with Gasteiger partial charge in [0.25, 0.3) is 5.69 Å². The van der Waals surface area contributed by atoms with Gasteiger partial charge in [0.1, 0.15) is 6.04 Å². The van der Waals surface area contributed by atoms with Gasteiger partial charge in [0.15, 0.2) is 0 Å². The Kier molecular flexibility index (Phi) is 3.94. The van der Waals surface area contributed by atoms with Gasteiger partial charge >= 0.3 is 5.97 Å². The molecule has 110 valence electrons. The Hall–Kier alpha value is -2.81. The van der Waals surface area contributed by atoms with E-state index in [0.29, 0.717) is 16.9 Å². The van der Waals surface area contributed by atoms with E-state index in [1.165, 1.54) is 16.9 Å². The fraction of sp³-hybridized carbons (Fsp3) is 0.250. The number of rotatable bonds is 5. The lowest BCUT2D eigenvalue weighted by Crippen LogP contribution is -2.32. The number of nitro groups is 1. The monoisotopic (exact) mass is 291 g/mol. The van der Waals surface area contributed by atoms with Crippen molar-refractivity contribution in [1.29, 1.82) is 0 Å². The Morgan fingerprint density at radius 1 is 1.57 bits per heavy atom.